The number of hydrogen-bond acceptors (Lipinski definition) is 4. The van der Waals surface area contributed by atoms with E-state index in [2.05, 4.69) is 44.3 Å². The van der Waals surface area contributed by atoms with Gasteiger partial charge in [-0.05, 0) is 55.3 Å². The number of hydrogen-bond donors (Lipinski definition) is 0. The van der Waals surface area contributed by atoms with Gasteiger partial charge in [-0.2, -0.15) is 0 Å². The Morgan fingerprint density at radius 2 is 1.52 bits per heavy atom. The number of anilines is 1. The van der Waals surface area contributed by atoms with Gasteiger partial charge >= 0.3 is 0 Å². The molecule has 3 aromatic rings. The summed E-state index contributed by atoms with van der Waals surface area (Å²) in [6, 6.07) is 14.0. The SMILES string of the molecule is Fc1ccc2c(N3CCN(CCCCN4Cc5ccccc5C4)CC3)csc2c1. The molecule has 0 saturated carbocycles. The highest BCUT2D eigenvalue weighted by Crippen LogP contribution is 2.34. The third-order valence-electron chi connectivity index (χ3n) is 6.34. The molecule has 2 aliphatic heterocycles. The van der Waals surface area contributed by atoms with E-state index in [-0.39, 0.29) is 5.82 Å². The number of piperazine rings is 1. The van der Waals surface area contributed by atoms with Crippen LogP contribution in [0, 0.1) is 5.82 Å². The first-order chi connectivity index (χ1) is 14.3. The smallest absolute Gasteiger partial charge is 0.124 e. The van der Waals surface area contributed by atoms with Crippen molar-refractivity contribution in [1.82, 2.24) is 9.80 Å². The Bertz CT molecular complexity index is 952. The average molecular weight is 410 g/mol. The lowest BCUT2D eigenvalue weighted by Crippen LogP contribution is -2.46. The van der Waals surface area contributed by atoms with Crippen LogP contribution in [0.3, 0.4) is 0 Å². The van der Waals surface area contributed by atoms with Gasteiger partial charge in [0.25, 0.3) is 0 Å². The molecule has 0 bridgehead atoms. The average Bonchev–Trinajstić information content (AvgIpc) is 3.35. The van der Waals surface area contributed by atoms with Gasteiger partial charge in [0.1, 0.15) is 5.82 Å². The van der Waals surface area contributed by atoms with Crippen molar-refractivity contribution in [2.75, 3.05) is 44.2 Å². The third-order valence-corrected chi connectivity index (χ3v) is 7.27. The minimum absolute atomic E-state index is 0.145. The molecule has 2 aromatic carbocycles. The molecule has 152 valence electrons. The van der Waals surface area contributed by atoms with Crippen LogP contribution in [0.5, 0.6) is 0 Å². The van der Waals surface area contributed by atoms with Gasteiger partial charge in [-0.1, -0.05) is 24.3 Å². The van der Waals surface area contributed by atoms with Gasteiger partial charge in [-0.25, -0.2) is 4.39 Å². The quantitative estimate of drug-likeness (QED) is 0.533. The molecule has 1 fully saturated rings. The number of nitrogens with zero attached hydrogens (tertiary/aromatic N) is 3. The number of thiophene rings is 1. The van der Waals surface area contributed by atoms with Crippen molar-refractivity contribution < 1.29 is 4.39 Å². The summed E-state index contributed by atoms with van der Waals surface area (Å²) in [4.78, 5) is 7.64. The predicted molar refractivity (Wildman–Crippen MR) is 120 cm³/mol. The highest BCUT2D eigenvalue weighted by atomic mass is 32.1. The zero-order valence-corrected chi connectivity index (χ0v) is 17.6. The molecule has 0 aliphatic carbocycles. The van der Waals surface area contributed by atoms with Crippen molar-refractivity contribution in [2.24, 2.45) is 0 Å². The van der Waals surface area contributed by atoms with Crippen LogP contribution in [0.4, 0.5) is 10.1 Å². The second kappa shape index (κ2) is 8.42. The van der Waals surface area contributed by atoms with E-state index in [1.165, 1.54) is 48.1 Å². The van der Waals surface area contributed by atoms with Gasteiger partial charge in [0, 0.05) is 54.7 Å². The molecule has 0 N–H and O–H groups in total. The highest BCUT2D eigenvalue weighted by Gasteiger charge is 2.20. The van der Waals surface area contributed by atoms with Crippen LogP contribution in [0.25, 0.3) is 10.1 Å². The van der Waals surface area contributed by atoms with Gasteiger partial charge in [-0.3, -0.25) is 9.80 Å². The van der Waals surface area contributed by atoms with Crippen LogP contribution in [0.15, 0.2) is 47.8 Å². The second-order valence-corrected chi connectivity index (χ2v) is 9.19. The van der Waals surface area contributed by atoms with Gasteiger partial charge < -0.3 is 4.90 Å². The van der Waals surface area contributed by atoms with Crippen LogP contribution in [0.1, 0.15) is 24.0 Å². The molecule has 0 atom stereocenters. The van der Waals surface area contributed by atoms with Gasteiger partial charge in [-0.15, -0.1) is 11.3 Å². The van der Waals surface area contributed by atoms with Gasteiger partial charge in [0.15, 0.2) is 0 Å². The predicted octanol–water partition coefficient (Wildman–Crippen LogP) is 4.96. The molecule has 1 saturated heterocycles. The molecule has 0 amide bonds. The summed E-state index contributed by atoms with van der Waals surface area (Å²) >= 11 is 1.65. The summed E-state index contributed by atoms with van der Waals surface area (Å²) in [6.07, 6.45) is 2.54. The summed E-state index contributed by atoms with van der Waals surface area (Å²) in [5, 5.41) is 3.38. The standard InChI is InChI=1S/C24H28FN3S/c25-21-7-8-22-23(18-29-24(22)15-21)28-13-11-26(12-14-28)9-3-4-10-27-16-19-5-1-2-6-20(19)17-27/h1-2,5-8,15,18H,3-4,9-14,16-17H2. The van der Waals surface area contributed by atoms with Crippen LogP contribution >= 0.6 is 11.3 Å². The van der Waals surface area contributed by atoms with Crippen LogP contribution in [-0.4, -0.2) is 49.1 Å². The molecule has 3 nitrogen and oxygen atoms in total. The van der Waals surface area contributed by atoms with Crippen molar-refractivity contribution in [1.29, 1.82) is 0 Å². The molecule has 3 heterocycles. The second-order valence-electron chi connectivity index (χ2n) is 8.28. The Morgan fingerprint density at radius 1 is 0.828 bits per heavy atom. The Labute approximate surface area is 176 Å². The summed E-state index contributed by atoms with van der Waals surface area (Å²) in [7, 11) is 0. The summed E-state index contributed by atoms with van der Waals surface area (Å²) < 4.78 is 14.5. The molecule has 2 aliphatic rings. The molecule has 1 aromatic heterocycles. The van der Waals surface area contributed by atoms with Gasteiger partial charge in [0.2, 0.25) is 0 Å². The Balaban J connectivity index is 1.05. The van der Waals surface area contributed by atoms with Gasteiger partial charge in [0.05, 0.1) is 5.69 Å². The zero-order valence-electron chi connectivity index (χ0n) is 16.8. The lowest BCUT2D eigenvalue weighted by molar-refractivity contribution is 0.235. The van der Waals surface area contributed by atoms with E-state index in [1.54, 1.807) is 23.5 Å². The number of halogens is 1. The number of unbranched alkanes of at least 4 members (excludes halogenated alkanes) is 1. The van der Waals surface area contributed by atoms with E-state index in [1.807, 2.05) is 6.07 Å². The normalized spacial score (nSPS) is 17.9. The monoisotopic (exact) mass is 409 g/mol. The maximum atomic E-state index is 13.4. The van der Waals surface area contributed by atoms with Crippen LogP contribution in [-0.2, 0) is 13.1 Å². The Morgan fingerprint density at radius 3 is 2.24 bits per heavy atom. The molecule has 0 spiro atoms. The molecule has 0 unspecified atom stereocenters. The first kappa shape index (κ1) is 19.0. The third kappa shape index (κ3) is 4.18. The maximum absolute atomic E-state index is 13.4. The number of rotatable bonds is 6. The van der Waals surface area contributed by atoms with Crippen molar-refractivity contribution in [3.63, 3.8) is 0 Å². The van der Waals surface area contributed by atoms with E-state index < -0.39 is 0 Å². The summed E-state index contributed by atoms with van der Waals surface area (Å²) in [5.41, 5.74) is 4.29. The lowest BCUT2D eigenvalue weighted by atomic mass is 10.1. The Hall–Kier alpha value is -1.95. The van der Waals surface area contributed by atoms with E-state index in [0.29, 0.717) is 0 Å². The van der Waals surface area contributed by atoms with Crippen LogP contribution < -0.4 is 4.90 Å². The zero-order chi connectivity index (χ0) is 19.6. The minimum Gasteiger partial charge on any atom is -0.368 e. The Kier molecular flexibility index (Phi) is 5.53. The molecular weight excluding hydrogens is 381 g/mol. The van der Waals surface area contributed by atoms with Crippen molar-refractivity contribution in [3.8, 4) is 0 Å². The molecule has 0 radical (unpaired) electrons. The van der Waals surface area contributed by atoms with E-state index in [9.17, 15) is 4.39 Å². The fourth-order valence-electron chi connectivity index (χ4n) is 4.68. The van der Waals surface area contributed by atoms with E-state index in [4.69, 9.17) is 0 Å². The van der Waals surface area contributed by atoms with Crippen molar-refractivity contribution in [2.45, 2.75) is 25.9 Å². The number of fused-ring (bicyclic) bond motifs is 2. The van der Waals surface area contributed by atoms with Crippen molar-refractivity contribution >= 4 is 27.1 Å². The molecule has 5 rings (SSSR count). The number of benzene rings is 2. The summed E-state index contributed by atoms with van der Waals surface area (Å²) in [6.45, 7) is 8.99. The van der Waals surface area contributed by atoms with E-state index in [0.717, 1.165) is 44.0 Å². The first-order valence-electron chi connectivity index (χ1n) is 10.7. The topological polar surface area (TPSA) is 9.72 Å². The fraction of sp³-hybridized carbons (Fsp3) is 0.417. The maximum Gasteiger partial charge on any atom is 0.124 e. The highest BCUT2D eigenvalue weighted by molar-refractivity contribution is 7.17. The molecular formula is C24H28FN3S. The molecule has 29 heavy (non-hydrogen) atoms. The fourth-order valence-corrected chi connectivity index (χ4v) is 5.67. The van der Waals surface area contributed by atoms with E-state index >= 15 is 0 Å². The lowest BCUT2D eigenvalue weighted by Gasteiger charge is -2.36. The first-order valence-corrected chi connectivity index (χ1v) is 11.6. The molecule has 5 heteroatoms. The van der Waals surface area contributed by atoms with Crippen LogP contribution in [0.2, 0.25) is 0 Å². The largest absolute Gasteiger partial charge is 0.368 e. The van der Waals surface area contributed by atoms with Crippen molar-refractivity contribution in [3.05, 3.63) is 64.8 Å². The minimum atomic E-state index is -0.145. The summed E-state index contributed by atoms with van der Waals surface area (Å²) in [5.74, 6) is -0.145.